The first-order chi connectivity index (χ1) is 8.75. The van der Waals surface area contributed by atoms with E-state index in [9.17, 15) is 9.59 Å². The molecule has 0 unspecified atom stereocenters. The zero-order valence-electron chi connectivity index (χ0n) is 9.41. The number of hydrogen-bond acceptors (Lipinski definition) is 3. The second-order valence-corrected chi connectivity index (χ2v) is 3.94. The van der Waals surface area contributed by atoms with Crippen LogP contribution in [0.3, 0.4) is 0 Å². The molecule has 0 radical (unpaired) electrons. The van der Waals surface area contributed by atoms with Gasteiger partial charge < -0.3 is 4.57 Å². The maximum atomic E-state index is 12.1. The van der Waals surface area contributed by atoms with Gasteiger partial charge in [-0.05, 0) is 5.56 Å². The van der Waals surface area contributed by atoms with E-state index >= 15 is 0 Å². The summed E-state index contributed by atoms with van der Waals surface area (Å²) < 4.78 is 2.72. The summed E-state index contributed by atoms with van der Waals surface area (Å²) in [5.74, 6) is 0. The summed E-state index contributed by atoms with van der Waals surface area (Å²) in [5, 5.41) is 5.96. The van der Waals surface area contributed by atoms with Crippen molar-refractivity contribution in [2.45, 2.75) is 6.54 Å². The number of hydrogen-bond donors (Lipinski definition) is 1. The van der Waals surface area contributed by atoms with E-state index in [-0.39, 0.29) is 11.2 Å². The molecular weight excluding hydrogens is 232 g/mol. The van der Waals surface area contributed by atoms with Crippen LogP contribution < -0.4 is 11.2 Å². The minimum absolute atomic E-state index is 0.110. The Bertz CT molecular complexity index is 798. The van der Waals surface area contributed by atoms with E-state index < -0.39 is 5.69 Å². The lowest BCUT2D eigenvalue weighted by Gasteiger charge is -2.05. The number of fused-ring (bicyclic) bond motifs is 1. The molecular formula is C12H10N4O2. The fourth-order valence-corrected chi connectivity index (χ4v) is 1.84. The molecule has 2 aromatic heterocycles. The van der Waals surface area contributed by atoms with E-state index in [4.69, 9.17) is 0 Å². The number of benzene rings is 1. The van der Waals surface area contributed by atoms with Crippen molar-refractivity contribution in [3.05, 3.63) is 69.1 Å². The Kier molecular flexibility index (Phi) is 2.33. The van der Waals surface area contributed by atoms with Crippen molar-refractivity contribution >= 4 is 5.65 Å². The largest absolute Gasteiger partial charge is 0.347 e. The predicted molar refractivity (Wildman–Crippen MR) is 65.6 cm³/mol. The molecule has 0 aliphatic carbocycles. The molecule has 0 saturated carbocycles. The van der Waals surface area contributed by atoms with Crippen LogP contribution in [0.2, 0.25) is 0 Å². The molecule has 0 saturated heterocycles. The standard InChI is InChI=1S/C12H10N4O2/c17-11-10-13-14-12(18)16(10)7-6-15(11)8-9-4-2-1-3-5-9/h1-7H,8H2,(H,14,18). The van der Waals surface area contributed by atoms with E-state index in [1.807, 2.05) is 30.3 Å². The number of aromatic amines is 1. The second-order valence-electron chi connectivity index (χ2n) is 3.94. The zero-order chi connectivity index (χ0) is 12.5. The van der Waals surface area contributed by atoms with Gasteiger partial charge in [0.25, 0.3) is 5.56 Å². The van der Waals surface area contributed by atoms with Crippen molar-refractivity contribution in [1.29, 1.82) is 0 Å². The van der Waals surface area contributed by atoms with E-state index in [1.165, 1.54) is 15.2 Å². The fraction of sp³-hybridized carbons (Fsp3) is 0.0833. The molecule has 0 atom stereocenters. The Morgan fingerprint density at radius 3 is 2.67 bits per heavy atom. The number of aromatic nitrogens is 4. The Hall–Kier alpha value is -2.63. The molecule has 6 nitrogen and oxygen atoms in total. The molecule has 90 valence electrons. The highest BCUT2D eigenvalue weighted by atomic mass is 16.2. The molecule has 18 heavy (non-hydrogen) atoms. The van der Waals surface area contributed by atoms with Crippen LogP contribution in [0.4, 0.5) is 0 Å². The molecule has 0 spiro atoms. The molecule has 0 fully saturated rings. The third-order valence-corrected chi connectivity index (χ3v) is 2.75. The van der Waals surface area contributed by atoms with Gasteiger partial charge in [0.1, 0.15) is 0 Å². The van der Waals surface area contributed by atoms with E-state index in [0.29, 0.717) is 6.54 Å². The van der Waals surface area contributed by atoms with E-state index in [2.05, 4.69) is 10.2 Å². The Balaban J connectivity index is 2.11. The molecule has 3 aromatic rings. The summed E-state index contributed by atoms with van der Waals surface area (Å²) in [6.07, 6.45) is 3.12. The molecule has 3 rings (SSSR count). The lowest BCUT2D eigenvalue weighted by Crippen LogP contribution is -2.24. The van der Waals surface area contributed by atoms with Crippen molar-refractivity contribution in [2.75, 3.05) is 0 Å². The van der Waals surface area contributed by atoms with Gasteiger partial charge in [-0.3, -0.25) is 4.79 Å². The van der Waals surface area contributed by atoms with Gasteiger partial charge in [-0.25, -0.2) is 14.3 Å². The SMILES string of the molecule is O=c1c2n[nH]c(=O)n2ccn1Cc1ccccc1. The summed E-state index contributed by atoms with van der Waals surface area (Å²) >= 11 is 0. The lowest BCUT2D eigenvalue weighted by atomic mass is 10.2. The van der Waals surface area contributed by atoms with Crippen LogP contribution >= 0.6 is 0 Å². The van der Waals surface area contributed by atoms with Gasteiger partial charge in [-0.1, -0.05) is 30.3 Å². The van der Waals surface area contributed by atoms with E-state index in [1.54, 1.807) is 6.20 Å². The number of nitrogens with zero attached hydrogens (tertiary/aromatic N) is 3. The van der Waals surface area contributed by atoms with Gasteiger partial charge in [0, 0.05) is 12.4 Å². The molecule has 0 amide bonds. The third-order valence-electron chi connectivity index (χ3n) is 2.75. The molecule has 0 aliphatic rings. The normalized spacial score (nSPS) is 10.9. The van der Waals surface area contributed by atoms with E-state index in [0.717, 1.165) is 5.56 Å². The lowest BCUT2D eigenvalue weighted by molar-refractivity contribution is 0.749. The van der Waals surface area contributed by atoms with Crippen molar-refractivity contribution in [3.63, 3.8) is 0 Å². The van der Waals surface area contributed by atoms with Crippen LogP contribution in [0.15, 0.2) is 52.3 Å². The van der Waals surface area contributed by atoms with Crippen LogP contribution in [0, 0.1) is 0 Å². The van der Waals surface area contributed by atoms with Crippen LogP contribution in [-0.2, 0) is 6.54 Å². The first-order valence-corrected chi connectivity index (χ1v) is 5.46. The van der Waals surface area contributed by atoms with Gasteiger partial charge in [0.2, 0.25) is 5.65 Å². The van der Waals surface area contributed by atoms with Gasteiger partial charge in [-0.2, -0.15) is 0 Å². The van der Waals surface area contributed by atoms with Crippen LogP contribution in [-0.4, -0.2) is 19.2 Å². The smallest absolute Gasteiger partial charge is 0.306 e. The zero-order valence-corrected chi connectivity index (χ0v) is 9.41. The summed E-state index contributed by atoms with van der Waals surface area (Å²) in [6, 6.07) is 9.62. The number of rotatable bonds is 2. The Labute approximate surface area is 101 Å². The van der Waals surface area contributed by atoms with Crippen molar-refractivity contribution in [2.24, 2.45) is 0 Å². The van der Waals surface area contributed by atoms with Crippen molar-refractivity contribution < 1.29 is 0 Å². The van der Waals surface area contributed by atoms with Gasteiger partial charge in [-0.15, -0.1) is 5.10 Å². The summed E-state index contributed by atoms with van der Waals surface area (Å²) in [5.41, 5.74) is 0.425. The second kappa shape index (κ2) is 3.99. The maximum Gasteiger partial charge on any atom is 0.347 e. The van der Waals surface area contributed by atoms with Gasteiger partial charge in [0.05, 0.1) is 6.54 Å². The summed E-state index contributed by atoms with van der Waals surface area (Å²) in [6.45, 7) is 0.456. The minimum atomic E-state index is -0.408. The topological polar surface area (TPSA) is 72.2 Å². The van der Waals surface area contributed by atoms with Crippen LogP contribution in [0.5, 0.6) is 0 Å². The summed E-state index contributed by atoms with van der Waals surface area (Å²) in [7, 11) is 0. The molecule has 6 heteroatoms. The Morgan fingerprint density at radius 2 is 1.89 bits per heavy atom. The molecule has 1 aromatic carbocycles. The highest BCUT2D eigenvalue weighted by Crippen LogP contribution is 2.00. The molecule has 0 aliphatic heterocycles. The Morgan fingerprint density at radius 1 is 1.11 bits per heavy atom. The van der Waals surface area contributed by atoms with Crippen molar-refractivity contribution in [1.82, 2.24) is 19.2 Å². The quantitative estimate of drug-likeness (QED) is 0.699. The number of H-pyrrole nitrogens is 1. The first kappa shape index (κ1) is 10.5. The maximum absolute atomic E-state index is 12.1. The highest BCUT2D eigenvalue weighted by Gasteiger charge is 2.07. The van der Waals surface area contributed by atoms with Gasteiger partial charge in [0.15, 0.2) is 0 Å². The molecule has 1 N–H and O–H groups in total. The molecule has 2 heterocycles. The van der Waals surface area contributed by atoms with Crippen LogP contribution in [0.25, 0.3) is 5.65 Å². The van der Waals surface area contributed by atoms with Gasteiger partial charge >= 0.3 is 5.69 Å². The van der Waals surface area contributed by atoms with Crippen molar-refractivity contribution in [3.8, 4) is 0 Å². The fourth-order valence-electron chi connectivity index (χ4n) is 1.84. The predicted octanol–water partition coefficient (Wildman–Crippen LogP) is 0.233. The minimum Gasteiger partial charge on any atom is -0.306 e. The third kappa shape index (κ3) is 1.64. The average molecular weight is 242 g/mol. The number of nitrogens with one attached hydrogen (secondary N) is 1. The average Bonchev–Trinajstić information content (AvgIpc) is 2.77. The monoisotopic (exact) mass is 242 g/mol. The van der Waals surface area contributed by atoms with Crippen LogP contribution in [0.1, 0.15) is 5.56 Å². The molecule has 0 bridgehead atoms. The summed E-state index contributed by atoms with van der Waals surface area (Å²) in [4.78, 5) is 23.4. The first-order valence-electron chi connectivity index (χ1n) is 5.46. The highest BCUT2D eigenvalue weighted by molar-refractivity contribution is 5.32.